The number of rotatable bonds is 4. The Bertz CT molecular complexity index is 1490. The summed E-state index contributed by atoms with van der Waals surface area (Å²) < 4.78 is 1.99. The highest BCUT2D eigenvalue weighted by Gasteiger charge is 2.24. The monoisotopic (exact) mass is 450 g/mol. The molecule has 0 bridgehead atoms. The minimum atomic E-state index is -0.0234. The summed E-state index contributed by atoms with van der Waals surface area (Å²) in [5.74, 6) is 2.27. The number of carbonyl (C=O) groups is 1. The van der Waals surface area contributed by atoms with E-state index in [1.54, 1.807) is 12.4 Å². The Labute approximate surface area is 195 Å². The first-order valence-electron chi connectivity index (χ1n) is 11.2. The number of hydrogen-bond acceptors (Lipinski definition) is 8. The van der Waals surface area contributed by atoms with Crippen molar-refractivity contribution in [2.24, 2.45) is 0 Å². The summed E-state index contributed by atoms with van der Waals surface area (Å²) in [6.45, 7) is 5.02. The molecular formula is C25H22N8O. The zero-order valence-electron chi connectivity index (χ0n) is 18.7. The Morgan fingerprint density at radius 1 is 0.824 bits per heavy atom. The number of fused-ring (bicyclic) bond motifs is 3. The molecule has 1 aliphatic heterocycles. The van der Waals surface area contributed by atoms with E-state index >= 15 is 0 Å². The van der Waals surface area contributed by atoms with Gasteiger partial charge in [-0.25, -0.2) is 15.0 Å². The minimum absolute atomic E-state index is 0.0234. The number of aryl methyl sites for hydroxylation is 1. The molecule has 34 heavy (non-hydrogen) atoms. The fourth-order valence-corrected chi connectivity index (χ4v) is 4.44. The lowest BCUT2D eigenvalue weighted by atomic mass is 10.0. The van der Waals surface area contributed by atoms with E-state index in [2.05, 4.69) is 30.0 Å². The maximum atomic E-state index is 13.0. The minimum Gasteiger partial charge on any atom is -0.350 e. The van der Waals surface area contributed by atoms with Crippen LogP contribution in [0, 0.1) is 6.92 Å². The third-order valence-electron chi connectivity index (χ3n) is 6.18. The predicted molar refractivity (Wildman–Crippen MR) is 129 cm³/mol. The molecule has 168 valence electrons. The maximum Gasteiger partial charge on any atom is 0.225 e. The van der Waals surface area contributed by atoms with Gasteiger partial charge in [-0.1, -0.05) is 30.3 Å². The Morgan fingerprint density at radius 3 is 2.32 bits per heavy atom. The second-order valence-electron chi connectivity index (χ2n) is 8.26. The van der Waals surface area contributed by atoms with Crippen LogP contribution in [0.2, 0.25) is 0 Å². The van der Waals surface area contributed by atoms with Gasteiger partial charge in [0.15, 0.2) is 11.6 Å². The molecule has 1 aliphatic rings. The van der Waals surface area contributed by atoms with E-state index in [-0.39, 0.29) is 5.78 Å². The molecule has 3 aromatic heterocycles. The Balaban J connectivity index is 1.37. The molecule has 0 radical (unpaired) electrons. The van der Waals surface area contributed by atoms with Gasteiger partial charge in [0.05, 0.1) is 11.0 Å². The van der Waals surface area contributed by atoms with Gasteiger partial charge in [0.2, 0.25) is 11.6 Å². The summed E-state index contributed by atoms with van der Waals surface area (Å²) in [5.41, 5.74) is 3.57. The van der Waals surface area contributed by atoms with Gasteiger partial charge < -0.3 is 9.80 Å². The van der Waals surface area contributed by atoms with E-state index in [1.807, 2.05) is 65.9 Å². The second-order valence-corrected chi connectivity index (χ2v) is 8.26. The third-order valence-corrected chi connectivity index (χ3v) is 6.18. The average Bonchev–Trinajstić information content (AvgIpc) is 3.30. The van der Waals surface area contributed by atoms with Crippen LogP contribution in [0.25, 0.3) is 16.7 Å². The number of aromatic nitrogens is 6. The molecule has 2 aromatic carbocycles. The summed E-state index contributed by atoms with van der Waals surface area (Å²) in [6.07, 6.45) is 3.53. The first-order valence-corrected chi connectivity index (χ1v) is 11.2. The van der Waals surface area contributed by atoms with Crippen LogP contribution in [0.1, 0.15) is 21.7 Å². The molecule has 0 amide bonds. The number of hydrogen-bond donors (Lipinski definition) is 0. The smallest absolute Gasteiger partial charge is 0.225 e. The van der Waals surface area contributed by atoms with E-state index < -0.39 is 0 Å². The van der Waals surface area contributed by atoms with Gasteiger partial charge in [0, 0.05) is 49.7 Å². The lowest BCUT2D eigenvalue weighted by molar-refractivity contribution is 0.103. The number of benzene rings is 2. The summed E-state index contributed by atoms with van der Waals surface area (Å²) in [4.78, 5) is 31.1. The standard InChI is InChI=1S/C25H22N8O/c1-17-29-30-24-23(31-12-14-32(15-13-31)25-26-10-5-11-27-25)28-20-9-8-19(16-21(20)33(17)24)22(34)18-6-3-2-4-7-18/h2-11,16H,12-15H2,1H3. The molecule has 0 aliphatic carbocycles. The molecule has 0 atom stereocenters. The topological polar surface area (TPSA) is 92.4 Å². The lowest BCUT2D eigenvalue weighted by Crippen LogP contribution is -2.47. The number of piperazine rings is 1. The van der Waals surface area contributed by atoms with Crippen LogP contribution in [0.5, 0.6) is 0 Å². The van der Waals surface area contributed by atoms with Crippen molar-refractivity contribution in [3.8, 4) is 0 Å². The zero-order valence-corrected chi connectivity index (χ0v) is 18.7. The van der Waals surface area contributed by atoms with Gasteiger partial charge in [0.25, 0.3) is 0 Å². The van der Waals surface area contributed by atoms with E-state index in [9.17, 15) is 4.79 Å². The highest BCUT2D eigenvalue weighted by Crippen LogP contribution is 2.27. The first-order chi connectivity index (χ1) is 16.7. The van der Waals surface area contributed by atoms with E-state index in [1.165, 1.54) is 0 Å². The van der Waals surface area contributed by atoms with Gasteiger partial charge >= 0.3 is 0 Å². The molecule has 4 heterocycles. The van der Waals surface area contributed by atoms with Crippen molar-refractivity contribution >= 4 is 34.2 Å². The van der Waals surface area contributed by atoms with E-state index in [0.29, 0.717) is 16.8 Å². The van der Waals surface area contributed by atoms with Crippen LogP contribution in [0.3, 0.4) is 0 Å². The first kappa shape index (κ1) is 20.2. The normalized spacial score (nSPS) is 14.1. The van der Waals surface area contributed by atoms with Crippen LogP contribution >= 0.6 is 0 Å². The fourth-order valence-electron chi connectivity index (χ4n) is 4.44. The molecular weight excluding hydrogens is 428 g/mol. The summed E-state index contributed by atoms with van der Waals surface area (Å²) in [5, 5.41) is 8.77. The number of nitrogens with zero attached hydrogens (tertiary/aromatic N) is 8. The van der Waals surface area contributed by atoms with Gasteiger partial charge in [-0.3, -0.25) is 9.20 Å². The van der Waals surface area contributed by atoms with Gasteiger partial charge in [-0.2, -0.15) is 0 Å². The summed E-state index contributed by atoms with van der Waals surface area (Å²) >= 11 is 0. The van der Waals surface area contributed by atoms with E-state index in [0.717, 1.165) is 54.8 Å². The lowest BCUT2D eigenvalue weighted by Gasteiger charge is -2.35. The summed E-state index contributed by atoms with van der Waals surface area (Å²) in [6, 6.07) is 16.7. The average molecular weight is 451 g/mol. The molecule has 0 N–H and O–H groups in total. The molecule has 0 unspecified atom stereocenters. The maximum absolute atomic E-state index is 13.0. The molecule has 1 fully saturated rings. The third kappa shape index (κ3) is 3.42. The second kappa shape index (κ2) is 8.18. The molecule has 0 saturated carbocycles. The molecule has 0 spiro atoms. The van der Waals surface area contributed by atoms with E-state index in [4.69, 9.17) is 4.98 Å². The largest absolute Gasteiger partial charge is 0.350 e. The fraction of sp³-hybridized carbons (Fsp3) is 0.200. The molecule has 9 heteroatoms. The number of anilines is 2. The SMILES string of the molecule is Cc1nnc2c(N3CCN(c4ncccn4)CC3)nc3ccc(C(=O)c4ccccc4)cc3n12. The molecule has 9 nitrogen and oxygen atoms in total. The molecule has 1 saturated heterocycles. The van der Waals surface area contributed by atoms with Crippen molar-refractivity contribution < 1.29 is 4.79 Å². The van der Waals surface area contributed by atoms with Crippen LogP contribution in [-0.2, 0) is 0 Å². The zero-order chi connectivity index (χ0) is 23.1. The van der Waals surface area contributed by atoms with Gasteiger partial charge in [-0.05, 0) is 31.2 Å². The van der Waals surface area contributed by atoms with Crippen molar-refractivity contribution in [3.05, 3.63) is 83.9 Å². The summed E-state index contributed by atoms with van der Waals surface area (Å²) in [7, 11) is 0. The van der Waals surface area contributed by atoms with Crippen LogP contribution in [0.15, 0.2) is 67.0 Å². The quantitative estimate of drug-likeness (QED) is 0.386. The van der Waals surface area contributed by atoms with Crippen molar-refractivity contribution in [2.45, 2.75) is 6.92 Å². The number of carbonyl (C=O) groups excluding carboxylic acids is 1. The predicted octanol–water partition coefficient (Wildman–Crippen LogP) is 2.93. The van der Waals surface area contributed by atoms with Crippen molar-refractivity contribution in [3.63, 3.8) is 0 Å². The molecule has 5 aromatic rings. The Kier molecular flexibility index (Phi) is 4.87. The van der Waals surface area contributed by atoms with Crippen LogP contribution in [-0.4, -0.2) is 61.5 Å². The highest BCUT2D eigenvalue weighted by molar-refractivity contribution is 6.10. The van der Waals surface area contributed by atoms with Crippen molar-refractivity contribution in [1.82, 2.24) is 29.5 Å². The Hall–Kier alpha value is -4.40. The number of ketones is 1. The van der Waals surface area contributed by atoms with Crippen LogP contribution in [0.4, 0.5) is 11.8 Å². The highest BCUT2D eigenvalue weighted by atomic mass is 16.1. The van der Waals surface area contributed by atoms with Crippen molar-refractivity contribution in [2.75, 3.05) is 36.0 Å². The van der Waals surface area contributed by atoms with Crippen molar-refractivity contribution in [1.29, 1.82) is 0 Å². The van der Waals surface area contributed by atoms with Crippen LogP contribution < -0.4 is 9.80 Å². The molecule has 6 rings (SSSR count). The Morgan fingerprint density at radius 2 is 1.56 bits per heavy atom. The van der Waals surface area contributed by atoms with Gasteiger partial charge in [0.1, 0.15) is 5.82 Å². The van der Waals surface area contributed by atoms with Gasteiger partial charge in [-0.15, -0.1) is 10.2 Å².